The quantitative estimate of drug-likeness (QED) is 0.0839. The minimum Gasteiger partial charge on any atom is -0.394 e. The molecule has 0 unspecified atom stereocenters. The fourth-order valence-corrected chi connectivity index (χ4v) is 6.00. The Morgan fingerprint density at radius 3 is 1.69 bits per heavy atom. The zero-order chi connectivity index (χ0) is 36.3. The molecule has 1 amide bonds. The van der Waals surface area contributed by atoms with E-state index in [1.165, 1.54) is 7.11 Å². The monoisotopic (exact) mass is 721 g/mol. The second kappa shape index (κ2) is 17.5. The minimum absolute atomic E-state index is 0.680. The van der Waals surface area contributed by atoms with E-state index in [0.717, 1.165) is 6.92 Å². The van der Waals surface area contributed by atoms with Crippen LogP contribution in [0.15, 0.2) is 0 Å². The van der Waals surface area contributed by atoms with Crippen molar-refractivity contribution in [3.05, 3.63) is 0 Å². The molecule has 286 valence electrons. The number of amides is 1. The van der Waals surface area contributed by atoms with Crippen molar-refractivity contribution < 1.29 is 104 Å². The summed E-state index contributed by atoms with van der Waals surface area (Å²) in [4.78, 5) is 12.0. The van der Waals surface area contributed by atoms with Crippen LogP contribution in [-0.2, 0) is 42.7 Å². The summed E-state index contributed by atoms with van der Waals surface area (Å²) >= 11 is 0. The van der Waals surface area contributed by atoms with Gasteiger partial charge in [0.2, 0.25) is 5.91 Å². The molecule has 4 aliphatic rings. The number of hydrogen-bond donors (Lipinski definition) is 13. The van der Waals surface area contributed by atoms with Crippen molar-refractivity contribution >= 4 is 5.91 Å². The van der Waals surface area contributed by atoms with Crippen molar-refractivity contribution in [3.63, 3.8) is 0 Å². The number of rotatable bonds is 13. The van der Waals surface area contributed by atoms with E-state index in [-0.39, 0.29) is 0 Å². The van der Waals surface area contributed by atoms with E-state index in [1.807, 2.05) is 0 Å². The Kier molecular flexibility index (Phi) is 14.4. The Bertz CT molecular complexity index is 1040. The Morgan fingerprint density at radius 2 is 1.16 bits per heavy atom. The van der Waals surface area contributed by atoms with Crippen molar-refractivity contribution in [2.45, 2.75) is 130 Å². The van der Waals surface area contributed by atoms with Gasteiger partial charge in [-0.05, 0) is 0 Å². The molecular formula is C27H47NO21. The lowest BCUT2D eigenvalue weighted by atomic mass is 9.95. The third kappa shape index (κ3) is 8.66. The molecule has 0 saturated carbocycles. The second-order valence-electron chi connectivity index (χ2n) is 12.1. The summed E-state index contributed by atoms with van der Waals surface area (Å²) in [5.74, 6) is -0.680. The highest BCUT2D eigenvalue weighted by atomic mass is 16.8. The molecule has 20 atom stereocenters. The van der Waals surface area contributed by atoms with E-state index in [0.29, 0.717) is 0 Å². The number of nitrogens with one attached hydrogen (secondary N) is 1. The third-order valence-corrected chi connectivity index (χ3v) is 8.78. The number of aliphatic hydroxyl groups excluding tert-OH is 12. The molecule has 0 aromatic carbocycles. The maximum atomic E-state index is 12.0. The van der Waals surface area contributed by atoms with Gasteiger partial charge in [0, 0.05) is 14.0 Å². The molecule has 13 N–H and O–H groups in total. The number of carbonyl (C=O) groups excluding carboxylic acids is 1. The fraction of sp³-hybridized carbons (Fsp3) is 0.963. The number of hydrogen-bond acceptors (Lipinski definition) is 21. The molecule has 0 aromatic rings. The zero-order valence-electron chi connectivity index (χ0n) is 26.4. The van der Waals surface area contributed by atoms with E-state index >= 15 is 0 Å². The highest BCUT2D eigenvalue weighted by Gasteiger charge is 2.54. The molecule has 22 heteroatoms. The molecule has 4 fully saturated rings. The minimum atomic E-state index is -1.89. The van der Waals surface area contributed by atoms with Crippen LogP contribution in [0.5, 0.6) is 0 Å². The molecule has 49 heavy (non-hydrogen) atoms. The number of carbonyl (C=O) groups is 1. The van der Waals surface area contributed by atoms with Gasteiger partial charge in [0.1, 0.15) is 97.6 Å². The Balaban J connectivity index is 1.52. The topological polar surface area (TPSA) is 346 Å². The van der Waals surface area contributed by atoms with E-state index in [4.69, 9.17) is 37.9 Å². The van der Waals surface area contributed by atoms with Gasteiger partial charge in [-0.15, -0.1) is 0 Å². The van der Waals surface area contributed by atoms with Crippen molar-refractivity contribution in [1.29, 1.82) is 0 Å². The van der Waals surface area contributed by atoms with Gasteiger partial charge in [0.15, 0.2) is 25.2 Å². The summed E-state index contributed by atoms with van der Waals surface area (Å²) in [6.45, 7) is -1.96. The fourth-order valence-electron chi connectivity index (χ4n) is 6.00. The van der Waals surface area contributed by atoms with Crippen molar-refractivity contribution in [3.8, 4) is 0 Å². The van der Waals surface area contributed by atoms with Crippen LogP contribution in [0.2, 0.25) is 0 Å². The molecule has 0 aromatic heterocycles. The summed E-state index contributed by atoms with van der Waals surface area (Å²) in [5, 5.41) is 126. The Morgan fingerprint density at radius 1 is 0.653 bits per heavy atom. The molecule has 0 radical (unpaired) electrons. The summed E-state index contributed by atoms with van der Waals surface area (Å²) in [5.41, 5.74) is 0. The second-order valence-corrected chi connectivity index (χ2v) is 12.1. The van der Waals surface area contributed by atoms with Gasteiger partial charge in [0.05, 0.1) is 26.4 Å². The maximum absolute atomic E-state index is 12.0. The average molecular weight is 722 g/mol. The van der Waals surface area contributed by atoms with Crippen LogP contribution < -0.4 is 5.32 Å². The van der Waals surface area contributed by atoms with Crippen LogP contribution in [0.25, 0.3) is 0 Å². The van der Waals surface area contributed by atoms with Crippen LogP contribution in [0, 0.1) is 0 Å². The van der Waals surface area contributed by atoms with Gasteiger partial charge in [-0.25, -0.2) is 0 Å². The molecule has 0 bridgehead atoms. The first-order valence-electron chi connectivity index (χ1n) is 15.5. The van der Waals surface area contributed by atoms with Crippen LogP contribution in [0.4, 0.5) is 0 Å². The van der Waals surface area contributed by atoms with Crippen LogP contribution in [0.1, 0.15) is 6.92 Å². The summed E-state index contributed by atoms with van der Waals surface area (Å²) in [7, 11) is 1.18. The number of aliphatic hydroxyl groups is 12. The van der Waals surface area contributed by atoms with Gasteiger partial charge in [-0.3, -0.25) is 4.79 Å². The lowest BCUT2D eigenvalue weighted by Gasteiger charge is -2.47. The van der Waals surface area contributed by atoms with Gasteiger partial charge >= 0.3 is 0 Å². The molecule has 4 aliphatic heterocycles. The lowest BCUT2D eigenvalue weighted by Crippen LogP contribution is -2.68. The van der Waals surface area contributed by atoms with Crippen LogP contribution >= 0.6 is 0 Å². The number of methoxy groups -OCH3 is 1. The van der Waals surface area contributed by atoms with Crippen LogP contribution in [-0.4, -0.2) is 223 Å². The highest BCUT2D eigenvalue weighted by molar-refractivity contribution is 5.73. The molecule has 4 heterocycles. The summed E-state index contributed by atoms with van der Waals surface area (Å²) < 4.78 is 44.5. The van der Waals surface area contributed by atoms with E-state index in [2.05, 4.69) is 5.32 Å². The van der Waals surface area contributed by atoms with E-state index in [1.54, 1.807) is 0 Å². The van der Waals surface area contributed by atoms with Gasteiger partial charge < -0.3 is 104 Å². The SMILES string of the molecule is CO[C@H]1O[C@H](CO)[C@@H](O)[C@H](O)[C@H]1O[C@@H]1O[C@H](CO[C@H]2O[C@H](CO)[C@H](O)[C@H](O)[C@H]2O[C@H]2O[C@@H]([C@H](O)CO)[C@H](O)[C@H]2O)[C@@H](O)[C@H](O)[C@H]1NC(C)=O. The summed E-state index contributed by atoms with van der Waals surface area (Å²) in [6.07, 6.45) is -31.5. The molecular weight excluding hydrogens is 674 g/mol. The lowest BCUT2D eigenvalue weighted by molar-refractivity contribution is -0.363. The first kappa shape index (κ1) is 40.4. The normalized spacial score (nSPS) is 48.3. The smallest absolute Gasteiger partial charge is 0.217 e. The number of ether oxygens (including phenoxy) is 8. The predicted octanol–water partition coefficient (Wildman–Crippen LogP) is -8.95. The first-order chi connectivity index (χ1) is 23.2. The standard InChI is InChI=1S/C27H47NO21/c1-7(32)28-12-16(37)15(36)11(46-24(12)48-22-17(38)13(34)9(4-30)44-26(22)42-2)6-43-27-23(18(39)14(35)10(5-31)45-27)49-25-20(41)19(40)21(47-25)8(33)3-29/h8-27,29-31,33-41H,3-6H2,1-2H3,(H,28,32)/t8-,9-,10-,11-,12-,13-,14+,15-,16-,17+,18+,19-,20-,21+,22-,23-,24+,25-,26+,27+/m1/s1. The van der Waals surface area contributed by atoms with E-state index < -0.39 is 155 Å². The predicted molar refractivity (Wildman–Crippen MR) is 150 cm³/mol. The molecule has 22 nitrogen and oxygen atoms in total. The van der Waals surface area contributed by atoms with Gasteiger partial charge in [-0.1, -0.05) is 0 Å². The molecule has 4 saturated heterocycles. The third-order valence-electron chi connectivity index (χ3n) is 8.78. The van der Waals surface area contributed by atoms with Crippen molar-refractivity contribution in [2.24, 2.45) is 0 Å². The molecule has 0 spiro atoms. The van der Waals surface area contributed by atoms with Crippen molar-refractivity contribution in [2.75, 3.05) is 33.5 Å². The first-order valence-corrected chi connectivity index (χ1v) is 15.5. The van der Waals surface area contributed by atoms with Crippen LogP contribution in [0.3, 0.4) is 0 Å². The van der Waals surface area contributed by atoms with Gasteiger partial charge in [-0.2, -0.15) is 0 Å². The largest absolute Gasteiger partial charge is 0.394 e. The average Bonchev–Trinajstić information content (AvgIpc) is 3.36. The van der Waals surface area contributed by atoms with Crippen molar-refractivity contribution in [1.82, 2.24) is 5.32 Å². The molecule has 4 rings (SSSR count). The summed E-state index contributed by atoms with van der Waals surface area (Å²) in [6, 6.07) is -1.48. The molecule has 0 aliphatic carbocycles. The Labute approximate surface area is 278 Å². The van der Waals surface area contributed by atoms with E-state index in [9.17, 15) is 66.1 Å². The Hall–Kier alpha value is -1.33. The highest BCUT2D eigenvalue weighted by Crippen LogP contribution is 2.33. The zero-order valence-corrected chi connectivity index (χ0v) is 26.4. The maximum Gasteiger partial charge on any atom is 0.217 e. The van der Waals surface area contributed by atoms with Gasteiger partial charge in [0.25, 0.3) is 0 Å².